The summed E-state index contributed by atoms with van der Waals surface area (Å²) in [6.07, 6.45) is 0.454. The molecule has 0 aliphatic rings. The molecule has 3 nitrogen and oxygen atoms in total. The van der Waals surface area contributed by atoms with Crippen molar-refractivity contribution < 1.29 is 4.79 Å². The second-order valence-corrected chi connectivity index (χ2v) is 5.21. The van der Waals surface area contributed by atoms with Gasteiger partial charge in [0.1, 0.15) is 0 Å². The lowest BCUT2D eigenvalue weighted by Crippen LogP contribution is -2.29. The highest BCUT2D eigenvalue weighted by molar-refractivity contribution is 6.31. The maximum Gasteiger partial charge on any atom is 0.227 e. The summed E-state index contributed by atoms with van der Waals surface area (Å²) >= 11 is 6.08. The third-order valence-electron chi connectivity index (χ3n) is 3.31. The Balaban J connectivity index is 1.76. The molecule has 2 aromatic rings. The highest BCUT2D eigenvalue weighted by Crippen LogP contribution is 2.14. The summed E-state index contributed by atoms with van der Waals surface area (Å²) in [5.74, 6) is 0.0906. The van der Waals surface area contributed by atoms with Gasteiger partial charge in [-0.2, -0.15) is 0 Å². The lowest BCUT2D eigenvalue weighted by Gasteiger charge is -2.17. The topological polar surface area (TPSA) is 32.3 Å². The Kier molecular flexibility index (Phi) is 5.78. The molecule has 0 heterocycles. The Bertz CT molecular complexity index is 586. The van der Waals surface area contributed by atoms with E-state index < -0.39 is 0 Å². The average Bonchev–Trinajstić information content (AvgIpc) is 2.53. The molecule has 2 aromatic carbocycles. The number of amides is 1. The van der Waals surface area contributed by atoms with E-state index >= 15 is 0 Å². The molecule has 0 saturated heterocycles. The summed E-state index contributed by atoms with van der Waals surface area (Å²) in [7, 11) is 1.80. The number of hydrogen-bond donors (Lipinski definition) is 1. The fourth-order valence-electron chi connectivity index (χ4n) is 2.02. The van der Waals surface area contributed by atoms with Crippen molar-refractivity contribution in [3.8, 4) is 0 Å². The minimum absolute atomic E-state index is 0.0906. The highest BCUT2D eigenvalue weighted by Gasteiger charge is 2.09. The van der Waals surface area contributed by atoms with Crippen LogP contribution in [0.3, 0.4) is 0 Å². The number of nitrogens with zero attached hydrogens (tertiary/aromatic N) is 1. The van der Waals surface area contributed by atoms with Gasteiger partial charge in [-0.05, 0) is 23.8 Å². The Labute approximate surface area is 130 Å². The molecule has 0 atom stereocenters. The molecule has 0 aliphatic carbocycles. The number of benzene rings is 2. The van der Waals surface area contributed by atoms with Gasteiger partial charge in [0.2, 0.25) is 5.91 Å². The van der Waals surface area contributed by atoms with Gasteiger partial charge in [0.25, 0.3) is 0 Å². The van der Waals surface area contributed by atoms with Crippen molar-refractivity contribution in [3.63, 3.8) is 0 Å². The summed E-state index contributed by atoms with van der Waals surface area (Å²) in [6.45, 7) is 1.29. The zero-order chi connectivity index (χ0) is 15.1. The number of nitrogens with one attached hydrogen (secondary N) is 1. The minimum atomic E-state index is 0.0906. The first-order valence-corrected chi connectivity index (χ1v) is 7.32. The summed E-state index contributed by atoms with van der Waals surface area (Å²) in [5.41, 5.74) is 1.96. The van der Waals surface area contributed by atoms with Gasteiger partial charge in [-0.15, -0.1) is 0 Å². The van der Waals surface area contributed by atoms with Gasteiger partial charge < -0.3 is 10.2 Å². The Morgan fingerprint density at radius 2 is 1.76 bits per heavy atom. The van der Waals surface area contributed by atoms with Crippen LogP contribution in [0.5, 0.6) is 0 Å². The molecule has 21 heavy (non-hydrogen) atoms. The first-order valence-electron chi connectivity index (χ1n) is 6.94. The number of carbonyl (C=O) groups excluding carboxylic acids is 1. The molecule has 0 spiro atoms. The van der Waals surface area contributed by atoms with Crippen molar-refractivity contribution in [3.05, 3.63) is 65.2 Å². The van der Waals surface area contributed by atoms with Gasteiger partial charge >= 0.3 is 0 Å². The molecule has 0 aromatic heterocycles. The maximum atomic E-state index is 12.1. The van der Waals surface area contributed by atoms with Crippen molar-refractivity contribution in [1.29, 1.82) is 0 Å². The zero-order valence-electron chi connectivity index (χ0n) is 12.1. The number of carbonyl (C=O) groups is 1. The Morgan fingerprint density at radius 1 is 1.10 bits per heavy atom. The number of halogens is 1. The minimum Gasteiger partial charge on any atom is -0.315 e. The van der Waals surface area contributed by atoms with E-state index in [1.165, 1.54) is 0 Å². The summed E-state index contributed by atoms with van der Waals surface area (Å²) in [5, 5.41) is 4.00. The van der Waals surface area contributed by atoms with Crippen molar-refractivity contribution in [2.24, 2.45) is 0 Å². The molecule has 2 rings (SSSR count). The van der Waals surface area contributed by atoms with E-state index in [9.17, 15) is 4.79 Å². The molecule has 0 bridgehead atoms. The van der Waals surface area contributed by atoms with Gasteiger partial charge in [-0.25, -0.2) is 0 Å². The van der Waals surface area contributed by atoms with Crippen LogP contribution in [0.2, 0.25) is 5.02 Å². The third kappa shape index (κ3) is 4.59. The van der Waals surface area contributed by atoms with Crippen LogP contribution in [0.15, 0.2) is 54.6 Å². The second kappa shape index (κ2) is 7.81. The molecule has 0 fully saturated rings. The van der Waals surface area contributed by atoms with E-state index in [4.69, 9.17) is 11.6 Å². The Morgan fingerprint density at radius 3 is 2.48 bits per heavy atom. The zero-order valence-corrected chi connectivity index (χ0v) is 12.8. The van der Waals surface area contributed by atoms with Crippen LogP contribution in [0, 0.1) is 0 Å². The molecule has 4 heteroatoms. The first kappa shape index (κ1) is 15.5. The smallest absolute Gasteiger partial charge is 0.227 e. The van der Waals surface area contributed by atoms with Crippen LogP contribution in [-0.4, -0.2) is 19.5 Å². The predicted octanol–water partition coefficient (Wildman–Crippen LogP) is 3.48. The van der Waals surface area contributed by atoms with Crippen LogP contribution in [0.4, 0.5) is 5.69 Å². The number of hydrogen-bond acceptors (Lipinski definition) is 2. The van der Waals surface area contributed by atoms with E-state index in [1.54, 1.807) is 11.9 Å². The predicted molar refractivity (Wildman–Crippen MR) is 87.6 cm³/mol. The molecular formula is C17H19ClN2O. The van der Waals surface area contributed by atoms with E-state index in [-0.39, 0.29) is 5.91 Å². The molecular weight excluding hydrogens is 284 g/mol. The number of anilines is 1. The van der Waals surface area contributed by atoms with Gasteiger partial charge in [-0.3, -0.25) is 4.79 Å². The van der Waals surface area contributed by atoms with Crippen molar-refractivity contribution in [2.75, 3.05) is 18.5 Å². The van der Waals surface area contributed by atoms with E-state index in [2.05, 4.69) is 5.32 Å². The lowest BCUT2D eigenvalue weighted by atomic mass is 10.2. The van der Waals surface area contributed by atoms with Crippen LogP contribution in [0.1, 0.15) is 12.0 Å². The first-order chi connectivity index (χ1) is 10.2. The maximum absolute atomic E-state index is 12.1. The molecule has 0 aliphatic heterocycles. The van der Waals surface area contributed by atoms with Gasteiger partial charge in [0.05, 0.1) is 0 Å². The fraction of sp³-hybridized carbons (Fsp3) is 0.235. The standard InChI is InChI=1S/C17H19ClN2O/c1-20(15-8-3-2-4-9-15)17(21)11-12-19-13-14-7-5-6-10-16(14)18/h2-10,19H,11-13H2,1H3. The highest BCUT2D eigenvalue weighted by atomic mass is 35.5. The molecule has 1 amide bonds. The van der Waals surface area contributed by atoms with Crippen molar-refractivity contribution >= 4 is 23.2 Å². The van der Waals surface area contributed by atoms with E-state index in [0.717, 1.165) is 16.3 Å². The molecule has 0 saturated carbocycles. The fourth-order valence-corrected chi connectivity index (χ4v) is 2.23. The largest absolute Gasteiger partial charge is 0.315 e. The SMILES string of the molecule is CN(C(=O)CCNCc1ccccc1Cl)c1ccccc1. The Hall–Kier alpha value is -1.84. The van der Waals surface area contributed by atoms with E-state index in [0.29, 0.717) is 19.5 Å². The monoisotopic (exact) mass is 302 g/mol. The summed E-state index contributed by atoms with van der Waals surface area (Å²) in [6, 6.07) is 17.3. The second-order valence-electron chi connectivity index (χ2n) is 4.81. The molecule has 0 radical (unpaired) electrons. The normalized spacial score (nSPS) is 10.4. The average molecular weight is 303 g/mol. The molecule has 110 valence electrons. The number of rotatable bonds is 6. The van der Waals surface area contributed by atoms with Gasteiger partial charge in [0.15, 0.2) is 0 Å². The lowest BCUT2D eigenvalue weighted by molar-refractivity contribution is -0.118. The van der Waals surface area contributed by atoms with Crippen molar-refractivity contribution in [2.45, 2.75) is 13.0 Å². The van der Waals surface area contributed by atoms with Crippen LogP contribution >= 0.6 is 11.6 Å². The molecule has 0 unspecified atom stereocenters. The van der Waals surface area contributed by atoms with Crippen LogP contribution in [0.25, 0.3) is 0 Å². The van der Waals surface area contributed by atoms with Crippen LogP contribution in [-0.2, 0) is 11.3 Å². The molecule has 1 N–H and O–H groups in total. The number of para-hydroxylation sites is 1. The van der Waals surface area contributed by atoms with E-state index in [1.807, 2.05) is 54.6 Å². The third-order valence-corrected chi connectivity index (χ3v) is 3.68. The quantitative estimate of drug-likeness (QED) is 0.829. The van der Waals surface area contributed by atoms with Gasteiger partial charge in [-0.1, -0.05) is 48.0 Å². The van der Waals surface area contributed by atoms with Crippen LogP contribution < -0.4 is 10.2 Å². The van der Waals surface area contributed by atoms with Gasteiger partial charge in [0, 0.05) is 37.3 Å². The van der Waals surface area contributed by atoms with Crippen molar-refractivity contribution in [1.82, 2.24) is 5.32 Å². The summed E-state index contributed by atoms with van der Waals surface area (Å²) < 4.78 is 0. The summed E-state index contributed by atoms with van der Waals surface area (Å²) in [4.78, 5) is 13.8.